The Morgan fingerprint density at radius 1 is 1.00 bits per heavy atom. The zero-order chi connectivity index (χ0) is 14.0. The lowest BCUT2D eigenvalue weighted by Gasteiger charge is -2.12. The van der Waals surface area contributed by atoms with E-state index >= 15 is 0 Å². The van der Waals surface area contributed by atoms with Gasteiger partial charge in [-0.25, -0.2) is 8.78 Å². The maximum atomic E-state index is 13.5. The molecule has 0 aromatic heterocycles. The van der Waals surface area contributed by atoms with Gasteiger partial charge in [-0.05, 0) is 42.5 Å². The van der Waals surface area contributed by atoms with E-state index in [9.17, 15) is 13.6 Å². The molecule has 0 saturated heterocycles. The van der Waals surface area contributed by atoms with E-state index in [0.717, 1.165) is 23.9 Å². The fourth-order valence-corrected chi connectivity index (χ4v) is 1.74. The Labute approximate surface area is 110 Å². The molecule has 0 heterocycles. The molecule has 0 aliphatic carbocycles. The lowest BCUT2D eigenvalue weighted by Crippen LogP contribution is -2.09. The van der Waals surface area contributed by atoms with E-state index in [4.69, 9.17) is 0 Å². The summed E-state index contributed by atoms with van der Waals surface area (Å²) in [5.41, 5.74) is 1.00. The Morgan fingerprint density at radius 3 is 2.21 bits per heavy atom. The average molecular weight is 261 g/mol. The van der Waals surface area contributed by atoms with Crippen LogP contribution in [0.2, 0.25) is 0 Å². The van der Waals surface area contributed by atoms with Gasteiger partial charge in [-0.1, -0.05) is 0 Å². The zero-order valence-electron chi connectivity index (χ0n) is 10.7. The number of hydrogen-bond donors (Lipinski definition) is 0. The molecule has 0 unspecified atom stereocenters. The highest BCUT2D eigenvalue weighted by molar-refractivity contribution is 6.09. The molecule has 0 N–H and O–H groups in total. The fraction of sp³-hybridized carbons (Fsp3) is 0.133. The number of benzene rings is 2. The van der Waals surface area contributed by atoms with Crippen molar-refractivity contribution in [3.63, 3.8) is 0 Å². The first-order chi connectivity index (χ1) is 8.99. The number of anilines is 1. The number of carbonyl (C=O) groups excluding carboxylic acids is 1. The Balaban J connectivity index is 2.36. The van der Waals surface area contributed by atoms with E-state index in [1.165, 1.54) is 0 Å². The van der Waals surface area contributed by atoms with Crippen molar-refractivity contribution in [2.24, 2.45) is 0 Å². The van der Waals surface area contributed by atoms with Gasteiger partial charge >= 0.3 is 0 Å². The van der Waals surface area contributed by atoms with Gasteiger partial charge in [0.25, 0.3) is 0 Å². The van der Waals surface area contributed by atoms with Crippen molar-refractivity contribution in [1.29, 1.82) is 0 Å². The first kappa shape index (κ1) is 13.2. The van der Waals surface area contributed by atoms with Crippen molar-refractivity contribution in [2.75, 3.05) is 19.0 Å². The predicted molar refractivity (Wildman–Crippen MR) is 70.6 cm³/mol. The topological polar surface area (TPSA) is 20.3 Å². The molecule has 0 atom stereocenters. The lowest BCUT2D eigenvalue weighted by molar-refractivity contribution is 0.103. The monoisotopic (exact) mass is 261 g/mol. The predicted octanol–water partition coefficient (Wildman–Crippen LogP) is 3.26. The van der Waals surface area contributed by atoms with Crippen LogP contribution in [0, 0.1) is 11.6 Å². The molecular weight excluding hydrogens is 248 g/mol. The van der Waals surface area contributed by atoms with Gasteiger partial charge in [-0.2, -0.15) is 0 Å². The molecule has 0 aliphatic heterocycles. The number of carbonyl (C=O) groups is 1. The SMILES string of the molecule is CN(C)c1ccc(C(=O)c2cc(F)ccc2F)cc1. The normalized spacial score (nSPS) is 10.3. The van der Waals surface area contributed by atoms with Crippen LogP contribution in [0.4, 0.5) is 14.5 Å². The summed E-state index contributed by atoms with van der Waals surface area (Å²) in [5, 5.41) is 0. The molecule has 0 bridgehead atoms. The van der Waals surface area contributed by atoms with E-state index in [0.29, 0.717) is 5.56 Å². The third kappa shape index (κ3) is 2.78. The highest BCUT2D eigenvalue weighted by Crippen LogP contribution is 2.18. The van der Waals surface area contributed by atoms with Crippen molar-refractivity contribution in [3.8, 4) is 0 Å². The van der Waals surface area contributed by atoms with Crippen LogP contribution >= 0.6 is 0 Å². The van der Waals surface area contributed by atoms with Crippen molar-refractivity contribution >= 4 is 11.5 Å². The molecule has 0 fully saturated rings. The van der Waals surface area contributed by atoms with Crippen LogP contribution in [0.3, 0.4) is 0 Å². The number of ketones is 1. The highest BCUT2D eigenvalue weighted by Gasteiger charge is 2.15. The minimum atomic E-state index is -0.719. The largest absolute Gasteiger partial charge is 0.378 e. The zero-order valence-corrected chi connectivity index (χ0v) is 10.7. The molecule has 2 aromatic carbocycles. The number of halogens is 2. The smallest absolute Gasteiger partial charge is 0.196 e. The van der Waals surface area contributed by atoms with Crippen LogP contribution in [-0.2, 0) is 0 Å². The van der Waals surface area contributed by atoms with Crippen LogP contribution in [0.15, 0.2) is 42.5 Å². The molecule has 2 aromatic rings. The molecule has 4 heteroatoms. The summed E-state index contributed by atoms with van der Waals surface area (Å²) in [6.07, 6.45) is 0. The molecule has 19 heavy (non-hydrogen) atoms. The van der Waals surface area contributed by atoms with Crippen LogP contribution in [0.5, 0.6) is 0 Å². The van der Waals surface area contributed by atoms with Crippen molar-refractivity contribution in [3.05, 3.63) is 65.2 Å². The van der Waals surface area contributed by atoms with Crippen molar-refractivity contribution in [2.45, 2.75) is 0 Å². The van der Waals surface area contributed by atoms with E-state index in [1.807, 2.05) is 19.0 Å². The Bertz CT molecular complexity index is 606. The number of rotatable bonds is 3. The summed E-state index contributed by atoms with van der Waals surface area (Å²) < 4.78 is 26.6. The molecule has 0 saturated carbocycles. The van der Waals surface area contributed by atoms with Gasteiger partial charge in [0, 0.05) is 25.3 Å². The van der Waals surface area contributed by atoms with Crippen LogP contribution in [-0.4, -0.2) is 19.9 Å². The van der Waals surface area contributed by atoms with Gasteiger partial charge in [0.2, 0.25) is 0 Å². The van der Waals surface area contributed by atoms with E-state index < -0.39 is 17.4 Å². The summed E-state index contributed by atoms with van der Waals surface area (Å²) in [6.45, 7) is 0. The summed E-state index contributed by atoms with van der Waals surface area (Å²) in [7, 11) is 3.76. The second-order valence-electron chi connectivity index (χ2n) is 4.39. The summed E-state index contributed by atoms with van der Waals surface area (Å²) >= 11 is 0. The summed E-state index contributed by atoms with van der Waals surface area (Å²) in [5.74, 6) is -1.87. The Kier molecular flexibility index (Phi) is 3.60. The molecule has 2 nitrogen and oxygen atoms in total. The Morgan fingerprint density at radius 2 is 1.63 bits per heavy atom. The van der Waals surface area contributed by atoms with Crippen molar-refractivity contribution < 1.29 is 13.6 Å². The molecule has 0 radical (unpaired) electrons. The molecule has 0 amide bonds. The van der Waals surface area contributed by atoms with Crippen LogP contribution < -0.4 is 4.90 Å². The molecule has 98 valence electrons. The maximum Gasteiger partial charge on any atom is 0.196 e. The first-order valence-corrected chi connectivity index (χ1v) is 5.76. The van der Waals surface area contributed by atoms with Gasteiger partial charge in [0.05, 0.1) is 5.56 Å². The van der Waals surface area contributed by atoms with Gasteiger partial charge in [0.15, 0.2) is 5.78 Å². The number of hydrogen-bond acceptors (Lipinski definition) is 2. The minimum Gasteiger partial charge on any atom is -0.378 e. The third-order valence-electron chi connectivity index (χ3n) is 2.82. The standard InChI is InChI=1S/C15H13F2NO/c1-18(2)12-6-3-10(4-7-12)15(19)13-9-11(16)5-8-14(13)17/h3-9H,1-2H3. The lowest BCUT2D eigenvalue weighted by atomic mass is 10.0. The quantitative estimate of drug-likeness (QED) is 0.790. The van der Waals surface area contributed by atoms with Crippen molar-refractivity contribution in [1.82, 2.24) is 0 Å². The summed E-state index contributed by atoms with van der Waals surface area (Å²) in [6, 6.07) is 9.56. The van der Waals surface area contributed by atoms with Gasteiger partial charge in [-0.15, -0.1) is 0 Å². The fourth-order valence-electron chi connectivity index (χ4n) is 1.74. The summed E-state index contributed by atoms with van der Waals surface area (Å²) in [4.78, 5) is 14.0. The van der Waals surface area contributed by atoms with Gasteiger partial charge in [-0.3, -0.25) is 4.79 Å². The van der Waals surface area contributed by atoms with Crippen LogP contribution in [0.1, 0.15) is 15.9 Å². The van der Waals surface area contributed by atoms with E-state index in [-0.39, 0.29) is 5.56 Å². The second-order valence-corrected chi connectivity index (χ2v) is 4.39. The molecular formula is C15H13F2NO. The van der Waals surface area contributed by atoms with Crippen LogP contribution in [0.25, 0.3) is 0 Å². The first-order valence-electron chi connectivity index (χ1n) is 5.76. The Hall–Kier alpha value is -2.23. The van der Waals surface area contributed by atoms with E-state index in [1.54, 1.807) is 24.3 Å². The average Bonchev–Trinajstić information content (AvgIpc) is 2.41. The van der Waals surface area contributed by atoms with Gasteiger partial charge in [0.1, 0.15) is 11.6 Å². The van der Waals surface area contributed by atoms with Gasteiger partial charge < -0.3 is 4.90 Å². The highest BCUT2D eigenvalue weighted by atomic mass is 19.1. The molecule has 2 rings (SSSR count). The molecule has 0 aliphatic rings. The maximum absolute atomic E-state index is 13.5. The van der Waals surface area contributed by atoms with E-state index in [2.05, 4.69) is 0 Å². The number of nitrogens with zero attached hydrogens (tertiary/aromatic N) is 1. The molecule has 0 spiro atoms. The minimum absolute atomic E-state index is 0.252. The third-order valence-corrected chi connectivity index (χ3v) is 2.82. The second kappa shape index (κ2) is 5.18.